The molecule has 0 aromatic heterocycles. The van der Waals surface area contributed by atoms with Crippen LogP contribution in [0.5, 0.6) is 0 Å². The smallest absolute Gasteiger partial charge is 0.327 e. The standard InChI is InChI=1S/C30H31NO4/c1-30(2,3)19-23(32)31-26(21-15-9-5-10-16-21)25(28(33)22-17-11-6-12-18-22)24(27(31)29(34)35)20-13-7-4-8-14-20/h4-18,24-27H,19H2,1-3H3,(H,34,35). The average Bonchev–Trinajstić information content (AvgIpc) is 3.21. The summed E-state index contributed by atoms with van der Waals surface area (Å²) < 4.78 is 0. The molecule has 180 valence electrons. The van der Waals surface area contributed by atoms with Crippen LogP contribution in [-0.4, -0.2) is 33.7 Å². The van der Waals surface area contributed by atoms with Crippen molar-refractivity contribution in [3.8, 4) is 0 Å². The van der Waals surface area contributed by atoms with Crippen molar-refractivity contribution in [1.29, 1.82) is 0 Å². The lowest BCUT2D eigenvalue weighted by atomic mass is 9.76. The molecule has 4 unspecified atom stereocenters. The number of ketones is 1. The maximum absolute atomic E-state index is 14.1. The number of likely N-dealkylation sites (tertiary alicyclic amines) is 1. The van der Waals surface area contributed by atoms with Crippen molar-refractivity contribution >= 4 is 17.7 Å². The number of carbonyl (C=O) groups excluding carboxylic acids is 2. The molecule has 4 atom stereocenters. The molecule has 4 rings (SSSR count). The number of Topliss-reactive ketones (excluding diaryl/α,β-unsaturated/α-hetero) is 1. The van der Waals surface area contributed by atoms with Crippen LogP contribution in [0.1, 0.15) is 60.6 Å². The van der Waals surface area contributed by atoms with Gasteiger partial charge in [0.25, 0.3) is 0 Å². The molecule has 1 saturated heterocycles. The second-order valence-electron chi connectivity index (χ2n) is 10.4. The largest absolute Gasteiger partial charge is 0.480 e. The zero-order valence-corrected chi connectivity index (χ0v) is 20.3. The van der Waals surface area contributed by atoms with Gasteiger partial charge in [0.1, 0.15) is 6.04 Å². The van der Waals surface area contributed by atoms with Gasteiger partial charge in [-0.1, -0.05) is 112 Å². The number of hydrogen-bond acceptors (Lipinski definition) is 3. The van der Waals surface area contributed by atoms with Crippen LogP contribution in [0, 0.1) is 11.3 Å². The van der Waals surface area contributed by atoms with Gasteiger partial charge < -0.3 is 10.0 Å². The van der Waals surface area contributed by atoms with Gasteiger partial charge in [0, 0.05) is 17.9 Å². The third kappa shape index (κ3) is 5.04. The van der Waals surface area contributed by atoms with Crippen molar-refractivity contribution in [2.75, 3.05) is 0 Å². The first kappa shape index (κ1) is 24.4. The Hall–Kier alpha value is -3.73. The van der Waals surface area contributed by atoms with E-state index in [1.54, 1.807) is 24.3 Å². The maximum atomic E-state index is 14.1. The third-order valence-electron chi connectivity index (χ3n) is 6.58. The van der Waals surface area contributed by atoms with Gasteiger partial charge in [-0.25, -0.2) is 4.79 Å². The van der Waals surface area contributed by atoms with Gasteiger partial charge in [0.2, 0.25) is 5.91 Å². The normalized spacial score (nSPS) is 22.1. The van der Waals surface area contributed by atoms with E-state index < -0.39 is 29.9 Å². The van der Waals surface area contributed by atoms with Gasteiger partial charge in [-0.2, -0.15) is 0 Å². The van der Waals surface area contributed by atoms with E-state index in [0.29, 0.717) is 5.56 Å². The summed E-state index contributed by atoms with van der Waals surface area (Å²) in [6.07, 6.45) is 0.174. The van der Waals surface area contributed by atoms with Crippen LogP contribution in [0.3, 0.4) is 0 Å². The van der Waals surface area contributed by atoms with Gasteiger partial charge in [-0.15, -0.1) is 0 Å². The molecule has 3 aromatic rings. The molecule has 5 heteroatoms. The van der Waals surface area contributed by atoms with Gasteiger partial charge in [-0.3, -0.25) is 9.59 Å². The van der Waals surface area contributed by atoms with E-state index in [1.807, 2.05) is 87.5 Å². The number of amides is 1. The fourth-order valence-electron chi connectivity index (χ4n) is 5.22. The molecule has 0 spiro atoms. The van der Waals surface area contributed by atoms with Crippen LogP contribution in [0.2, 0.25) is 0 Å². The summed E-state index contributed by atoms with van der Waals surface area (Å²) in [6.45, 7) is 5.86. The lowest BCUT2D eigenvalue weighted by Crippen LogP contribution is -2.44. The highest BCUT2D eigenvalue weighted by atomic mass is 16.4. The van der Waals surface area contributed by atoms with Crippen molar-refractivity contribution in [3.05, 3.63) is 108 Å². The molecule has 0 saturated carbocycles. The molecule has 3 aromatic carbocycles. The number of rotatable bonds is 6. The molecule has 0 aliphatic carbocycles. The van der Waals surface area contributed by atoms with Crippen LogP contribution < -0.4 is 0 Å². The van der Waals surface area contributed by atoms with Crippen molar-refractivity contribution in [1.82, 2.24) is 4.90 Å². The number of carboxylic acids is 1. The number of carboxylic acid groups (broad SMARTS) is 1. The van der Waals surface area contributed by atoms with E-state index in [1.165, 1.54) is 4.90 Å². The van der Waals surface area contributed by atoms with E-state index in [9.17, 15) is 19.5 Å². The molecular weight excluding hydrogens is 438 g/mol. The summed E-state index contributed by atoms with van der Waals surface area (Å²) in [4.78, 5) is 42.2. The Bertz CT molecular complexity index is 1190. The number of benzene rings is 3. The van der Waals surface area contributed by atoms with Gasteiger partial charge in [-0.05, 0) is 16.5 Å². The molecule has 5 nitrogen and oxygen atoms in total. The molecule has 1 aliphatic rings. The maximum Gasteiger partial charge on any atom is 0.327 e. The number of nitrogens with zero attached hydrogens (tertiary/aromatic N) is 1. The third-order valence-corrected chi connectivity index (χ3v) is 6.58. The second-order valence-corrected chi connectivity index (χ2v) is 10.4. The molecule has 35 heavy (non-hydrogen) atoms. The molecule has 0 radical (unpaired) electrons. The van der Waals surface area contributed by atoms with Gasteiger partial charge in [0.05, 0.1) is 12.0 Å². The lowest BCUT2D eigenvalue weighted by Gasteiger charge is -2.32. The Morgan fingerprint density at radius 3 is 1.74 bits per heavy atom. The summed E-state index contributed by atoms with van der Waals surface area (Å²) in [7, 11) is 0. The minimum atomic E-state index is -1.17. The van der Waals surface area contributed by atoms with Crippen molar-refractivity contribution in [3.63, 3.8) is 0 Å². The molecular formula is C30H31NO4. The SMILES string of the molecule is CC(C)(C)CC(=O)N1C(C(=O)O)C(c2ccccc2)C(C(=O)c2ccccc2)C1c1ccccc1. The molecule has 1 heterocycles. The van der Waals surface area contributed by atoms with Gasteiger partial charge in [0.15, 0.2) is 5.78 Å². The zero-order chi connectivity index (χ0) is 25.2. The molecule has 1 N–H and O–H groups in total. The number of hydrogen-bond donors (Lipinski definition) is 1. The monoisotopic (exact) mass is 469 g/mol. The molecule has 0 bridgehead atoms. The average molecular weight is 470 g/mol. The van der Waals surface area contributed by atoms with Crippen molar-refractivity contribution in [2.45, 2.75) is 45.2 Å². The molecule has 1 fully saturated rings. The van der Waals surface area contributed by atoms with E-state index >= 15 is 0 Å². The van der Waals surface area contributed by atoms with E-state index in [4.69, 9.17) is 0 Å². The Morgan fingerprint density at radius 2 is 1.26 bits per heavy atom. The number of aliphatic carboxylic acids is 1. The predicted octanol–water partition coefficient (Wildman–Crippen LogP) is 5.74. The van der Waals surface area contributed by atoms with Crippen LogP contribution in [0.15, 0.2) is 91.0 Å². The highest BCUT2D eigenvalue weighted by Gasteiger charge is 2.57. The first-order valence-electron chi connectivity index (χ1n) is 11.9. The summed E-state index contributed by atoms with van der Waals surface area (Å²) in [5.74, 6) is -2.98. The van der Waals surface area contributed by atoms with E-state index in [2.05, 4.69) is 0 Å². The highest BCUT2D eigenvalue weighted by molar-refractivity contribution is 6.01. The first-order valence-corrected chi connectivity index (χ1v) is 11.9. The lowest BCUT2D eigenvalue weighted by molar-refractivity contribution is -0.151. The van der Waals surface area contributed by atoms with Crippen LogP contribution >= 0.6 is 0 Å². The summed E-state index contributed by atoms with van der Waals surface area (Å²) in [6, 6.07) is 25.7. The second kappa shape index (κ2) is 9.87. The van der Waals surface area contributed by atoms with Gasteiger partial charge >= 0.3 is 5.97 Å². The summed E-state index contributed by atoms with van der Waals surface area (Å²) in [5, 5.41) is 10.5. The zero-order valence-electron chi connectivity index (χ0n) is 20.3. The fourth-order valence-corrected chi connectivity index (χ4v) is 5.22. The summed E-state index contributed by atoms with van der Waals surface area (Å²) >= 11 is 0. The summed E-state index contributed by atoms with van der Waals surface area (Å²) in [5.41, 5.74) is 1.66. The molecule has 1 aliphatic heterocycles. The minimum Gasteiger partial charge on any atom is -0.480 e. The quantitative estimate of drug-likeness (QED) is 0.467. The van der Waals surface area contributed by atoms with E-state index in [0.717, 1.165) is 11.1 Å². The minimum absolute atomic E-state index is 0.161. The van der Waals surface area contributed by atoms with E-state index in [-0.39, 0.29) is 23.5 Å². The Labute approximate surface area is 206 Å². The predicted molar refractivity (Wildman–Crippen MR) is 135 cm³/mol. The number of carbonyl (C=O) groups is 3. The van der Waals surface area contributed by atoms with Crippen LogP contribution in [-0.2, 0) is 9.59 Å². The van der Waals surface area contributed by atoms with Crippen LogP contribution in [0.25, 0.3) is 0 Å². The van der Waals surface area contributed by atoms with Crippen LogP contribution in [0.4, 0.5) is 0 Å². The molecule has 1 amide bonds. The first-order chi connectivity index (χ1) is 16.7. The fraction of sp³-hybridized carbons (Fsp3) is 0.300. The van der Waals surface area contributed by atoms with Crippen molar-refractivity contribution in [2.24, 2.45) is 11.3 Å². The Balaban J connectivity index is 1.96. The van der Waals surface area contributed by atoms with Crippen molar-refractivity contribution < 1.29 is 19.5 Å². The highest BCUT2D eigenvalue weighted by Crippen LogP contribution is 2.51. The Kier molecular flexibility index (Phi) is 6.88. The topological polar surface area (TPSA) is 74.7 Å². The Morgan fingerprint density at radius 1 is 0.771 bits per heavy atom.